The van der Waals surface area contributed by atoms with Crippen LogP contribution in [-0.2, 0) is 0 Å². The van der Waals surface area contributed by atoms with Gasteiger partial charge >= 0.3 is 6.01 Å². The average molecular weight is 400 g/mol. The van der Waals surface area contributed by atoms with Crippen molar-refractivity contribution in [2.45, 2.75) is 26.7 Å². The fourth-order valence-corrected chi connectivity index (χ4v) is 3.39. The zero-order valence-corrected chi connectivity index (χ0v) is 17.5. The molecule has 0 unspecified atom stereocenters. The summed E-state index contributed by atoms with van der Waals surface area (Å²) in [6.07, 6.45) is 3.15. The Morgan fingerprint density at radius 3 is 2.47 bits per heavy atom. The second-order valence-electron chi connectivity index (χ2n) is 7.58. The van der Waals surface area contributed by atoms with Crippen LogP contribution in [0.25, 0.3) is 10.9 Å². The van der Waals surface area contributed by atoms with Gasteiger partial charge < -0.3 is 14.7 Å². The van der Waals surface area contributed by atoms with Crippen LogP contribution in [0.4, 0.5) is 11.4 Å². The average Bonchev–Trinajstić information content (AvgIpc) is 2.74. The highest BCUT2D eigenvalue weighted by Gasteiger charge is 2.11. The van der Waals surface area contributed by atoms with E-state index in [4.69, 9.17) is 4.74 Å². The van der Waals surface area contributed by atoms with Gasteiger partial charge in [-0.05, 0) is 60.4 Å². The maximum absolute atomic E-state index is 10.1. The molecule has 1 N–H and O–H groups in total. The molecule has 0 fully saturated rings. The van der Waals surface area contributed by atoms with E-state index < -0.39 is 0 Å². The minimum Gasteiger partial charge on any atom is -0.493 e. The monoisotopic (exact) mass is 400 g/mol. The number of hydrogen-bond acceptors (Lipinski definition) is 6. The number of benzene rings is 2. The van der Waals surface area contributed by atoms with Gasteiger partial charge in [0.25, 0.3) is 0 Å². The molecular formula is C24H24N4O2. The Morgan fingerprint density at radius 1 is 1.00 bits per heavy atom. The number of ether oxygens (including phenoxy) is 1. The predicted octanol–water partition coefficient (Wildman–Crippen LogP) is 5.72. The van der Waals surface area contributed by atoms with Crippen molar-refractivity contribution in [1.29, 1.82) is 0 Å². The molecule has 0 saturated heterocycles. The highest BCUT2D eigenvalue weighted by Crippen LogP contribution is 2.31. The smallest absolute Gasteiger partial charge is 0.325 e. The van der Waals surface area contributed by atoms with Gasteiger partial charge in [-0.1, -0.05) is 26.0 Å². The Labute approximate surface area is 175 Å². The zero-order chi connectivity index (χ0) is 21.3. The fraction of sp³-hybridized carbons (Fsp3) is 0.208. The van der Waals surface area contributed by atoms with Crippen LogP contribution < -0.4 is 9.64 Å². The van der Waals surface area contributed by atoms with Crippen molar-refractivity contribution in [3.63, 3.8) is 0 Å². The summed E-state index contributed by atoms with van der Waals surface area (Å²) in [7, 11) is 2.05. The van der Waals surface area contributed by atoms with E-state index in [1.165, 1.54) is 11.1 Å². The maximum Gasteiger partial charge on any atom is 0.325 e. The molecule has 0 aliphatic heterocycles. The maximum atomic E-state index is 10.1. The van der Waals surface area contributed by atoms with E-state index in [9.17, 15) is 5.11 Å². The minimum absolute atomic E-state index is 0.0780. The van der Waals surface area contributed by atoms with E-state index in [1.54, 1.807) is 18.5 Å². The molecule has 2 heterocycles. The Kier molecular flexibility index (Phi) is 5.23. The Morgan fingerprint density at radius 2 is 1.77 bits per heavy atom. The number of aromatic nitrogens is 3. The molecule has 0 spiro atoms. The first-order valence-electron chi connectivity index (χ1n) is 9.85. The van der Waals surface area contributed by atoms with Gasteiger partial charge in [0.05, 0.1) is 17.1 Å². The summed E-state index contributed by atoms with van der Waals surface area (Å²) in [5, 5.41) is 10.6. The second kappa shape index (κ2) is 7.99. The highest BCUT2D eigenvalue weighted by molar-refractivity contribution is 5.82. The number of nitrogens with zero attached hydrogens (tertiary/aromatic N) is 4. The Bertz CT molecular complexity index is 1190. The first-order valence-corrected chi connectivity index (χ1v) is 9.85. The molecule has 0 bridgehead atoms. The molecule has 0 radical (unpaired) electrons. The molecular weight excluding hydrogens is 376 g/mol. The fourth-order valence-electron chi connectivity index (χ4n) is 3.39. The van der Waals surface area contributed by atoms with Crippen LogP contribution in [0.15, 0.2) is 60.9 Å². The first kappa shape index (κ1) is 19.6. The SMILES string of the molecule is Cc1cc(C(C)C)ccc1N(C)c1ccc(Oc2nc(O)c3ccncc3n2)cc1. The van der Waals surface area contributed by atoms with Gasteiger partial charge in [-0.2, -0.15) is 9.97 Å². The summed E-state index contributed by atoms with van der Waals surface area (Å²) < 4.78 is 5.75. The van der Waals surface area contributed by atoms with Gasteiger partial charge in [0.2, 0.25) is 5.88 Å². The summed E-state index contributed by atoms with van der Waals surface area (Å²) in [6, 6.07) is 16.0. The van der Waals surface area contributed by atoms with E-state index in [-0.39, 0.29) is 11.9 Å². The number of fused-ring (bicyclic) bond motifs is 1. The largest absolute Gasteiger partial charge is 0.493 e. The Hall–Kier alpha value is -3.67. The quantitative estimate of drug-likeness (QED) is 0.462. The van der Waals surface area contributed by atoms with Gasteiger partial charge in [0, 0.05) is 24.6 Å². The van der Waals surface area contributed by atoms with Crippen LogP contribution in [0.3, 0.4) is 0 Å². The molecule has 0 aliphatic carbocycles. The van der Waals surface area contributed by atoms with E-state index in [0.29, 0.717) is 22.6 Å². The van der Waals surface area contributed by atoms with Crippen molar-refractivity contribution in [3.8, 4) is 17.6 Å². The molecule has 6 heteroatoms. The van der Waals surface area contributed by atoms with Crippen molar-refractivity contribution < 1.29 is 9.84 Å². The third-order valence-electron chi connectivity index (χ3n) is 5.14. The molecule has 0 atom stereocenters. The lowest BCUT2D eigenvalue weighted by atomic mass is 10.00. The second-order valence-corrected chi connectivity index (χ2v) is 7.58. The van der Waals surface area contributed by atoms with Crippen LogP contribution in [0.1, 0.15) is 30.9 Å². The molecule has 2 aromatic heterocycles. The summed E-state index contributed by atoms with van der Waals surface area (Å²) >= 11 is 0. The van der Waals surface area contributed by atoms with Crippen molar-refractivity contribution in [2.24, 2.45) is 0 Å². The third kappa shape index (κ3) is 3.89. The molecule has 6 nitrogen and oxygen atoms in total. The van der Waals surface area contributed by atoms with Gasteiger partial charge in [-0.3, -0.25) is 4.98 Å². The minimum atomic E-state index is -0.130. The van der Waals surface area contributed by atoms with E-state index >= 15 is 0 Å². The first-order chi connectivity index (χ1) is 14.4. The van der Waals surface area contributed by atoms with Crippen molar-refractivity contribution >= 4 is 22.3 Å². The van der Waals surface area contributed by atoms with E-state index in [0.717, 1.165) is 11.4 Å². The van der Waals surface area contributed by atoms with Gasteiger partial charge in [0.1, 0.15) is 5.75 Å². The van der Waals surface area contributed by atoms with Crippen LogP contribution in [0.5, 0.6) is 17.6 Å². The van der Waals surface area contributed by atoms with Crippen LogP contribution in [-0.4, -0.2) is 27.1 Å². The van der Waals surface area contributed by atoms with Crippen molar-refractivity contribution in [1.82, 2.24) is 15.0 Å². The normalized spacial score (nSPS) is 11.1. The molecule has 4 aromatic rings. The van der Waals surface area contributed by atoms with Crippen molar-refractivity contribution in [2.75, 3.05) is 11.9 Å². The Balaban J connectivity index is 1.54. The van der Waals surface area contributed by atoms with E-state index in [1.807, 2.05) is 31.3 Å². The zero-order valence-electron chi connectivity index (χ0n) is 17.5. The lowest BCUT2D eigenvalue weighted by Gasteiger charge is -2.23. The molecule has 0 amide bonds. The summed E-state index contributed by atoms with van der Waals surface area (Å²) in [4.78, 5) is 14.5. The third-order valence-corrected chi connectivity index (χ3v) is 5.14. The molecule has 0 saturated carbocycles. The molecule has 152 valence electrons. The number of anilines is 2. The number of pyridine rings is 1. The van der Waals surface area contributed by atoms with Crippen LogP contribution >= 0.6 is 0 Å². The predicted molar refractivity (Wildman–Crippen MR) is 119 cm³/mol. The highest BCUT2D eigenvalue weighted by atomic mass is 16.5. The summed E-state index contributed by atoms with van der Waals surface area (Å²) in [5.41, 5.74) is 5.29. The molecule has 2 aromatic carbocycles. The number of aryl methyl sites for hydroxylation is 1. The lowest BCUT2D eigenvalue weighted by Crippen LogP contribution is -2.11. The van der Waals surface area contributed by atoms with E-state index in [2.05, 4.69) is 58.8 Å². The van der Waals surface area contributed by atoms with Crippen LogP contribution in [0, 0.1) is 6.92 Å². The van der Waals surface area contributed by atoms with Gasteiger partial charge in [0.15, 0.2) is 0 Å². The standard InChI is InChI=1S/C24H24N4O2/c1-15(2)17-5-10-22(16(3)13-17)28(4)18-6-8-19(9-7-18)30-24-26-21-14-25-12-11-20(21)23(29)27-24/h5-15H,1-4H3,(H,26,27,29). The topological polar surface area (TPSA) is 71.4 Å². The molecule has 4 rings (SSSR count). The molecule has 30 heavy (non-hydrogen) atoms. The van der Waals surface area contributed by atoms with Crippen LogP contribution in [0.2, 0.25) is 0 Å². The number of aromatic hydroxyl groups is 1. The lowest BCUT2D eigenvalue weighted by molar-refractivity contribution is 0.412. The summed E-state index contributed by atoms with van der Waals surface area (Å²) in [6.45, 7) is 6.53. The number of rotatable bonds is 5. The van der Waals surface area contributed by atoms with Gasteiger partial charge in [-0.15, -0.1) is 0 Å². The summed E-state index contributed by atoms with van der Waals surface area (Å²) in [5.74, 6) is 0.961. The van der Waals surface area contributed by atoms with Gasteiger partial charge in [-0.25, -0.2) is 0 Å². The molecule has 0 aliphatic rings. The van der Waals surface area contributed by atoms with Crippen molar-refractivity contribution in [3.05, 3.63) is 72.1 Å². The number of hydrogen-bond donors (Lipinski definition) is 1.